The molecule has 126 valence electrons. The monoisotopic (exact) mass is 319 g/mol. The molecule has 2 aliphatic rings. The summed E-state index contributed by atoms with van der Waals surface area (Å²) in [6.07, 6.45) is 3.37. The Morgan fingerprint density at radius 2 is 2.13 bits per heavy atom. The molecule has 3 rings (SSSR count). The molecule has 1 aromatic rings. The Labute approximate surface area is 137 Å². The van der Waals surface area contributed by atoms with E-state index in [1.165, 1.54) is 7.11 Å². The molecule has 0 aromatic carbocycles. The van der Waals surface area contributed by atoms with Crippen molar-refractivity contribution in [2.24, 2.45) is 0 Å². The van der Waals surface area contributed by atoms with E-state index in [-0.39, 0.29) is 5.97 Å². The van der Waals surface area contributed by atoms with Gasteiger partial charge in [-0.2, -0.15) is 0 Å². The molecular formula is C17H25N3O3. The van der Waals surface area contributed by atoms with Crippen LogP contribution in [0.4, 0.5) is 5.82 Å². The predicted molar refractivity (Wildman–Crippen MR) is 87.8 cm³/mol. The molecule has 0 saturated carbocycles. The number of hydrogen-bond donors (Lipinski definition) is 1. The zero-order valence-electron chi connectivity index (χ0n) is 13.9. The van der Waals surface area contributed by atoms with Gasteiger partial charge in [-0.25, -0.2) is 9.78 Å². The summed E-state index contributed by atoms with van der Waals surface area (Å²) in [5.41, 5.74) is 1.22. The van der Waals surface area contributed by atoms with E-state index in [1.54, 1.807) is 6.07 Å². The third kappa shape index (κ3) is 3.82. The number of likely N-dealkylation sites (tertiary alicyclic amines) is 1. The lowest BCUT2D eigenvalue weighted by atomic mass is 10.0. The van der Waals surface area contributed by atoms with Crippen LogP contribution in [-0.4, -0.2) is 61.3 Å². The van der Waals surface area contributed by atoms with E-state index >= 15 is 0 Å². The van der Waals surface area contributed by atoms with Gasteiger partial charge in [-0.15, -0.1) is 0 Å². The van der Waals surface area contributed by atoms with E-state index in [0.717, 1.165) is 51.4 Å². The van der Waals surface area contributed by atoms with Crippen LogP contribution in [0.3, 0.4) is 0 Å². The van der Waals surface area contributed by atoms with Gasteiger partial charge in [-0.3, -0.25) is 4.90 Å². The number of aromatic nitrogens is 1. The van der Waals surface area contributed by atoms with Crippen LogP contribution < -0.4 is 5.32 Å². The average molecular weight is 319 g/mol. The number of piperidine rings is 1. The molecule has 1 atom stereocenters. The van der Waals surface area contributed by atoms with Crippen LogP contribution >= 0.6 is 0 Å². The summed E-state index contributed by atoms with van der Waals surface area (Å²) in [5, 5.41) is 3.50. The number of aryl methyl sites for hydroxylation is 1. The second-order valence-electron chi connectivity index (χ2n) is 6.29. The maximum Gasteiger partial charge on any atom is 0.339 e. The lowest BCUT2D eigenvalue weighted by molar-refractivity contribution is 0.0599. The number of rotatable bonds is 4. The predicted octanol–water partition coefficient (Wildman–Crippen LogP) is 1.84. The normalized spacial score (nSPS) is 23.0. The van der Waals surface area contributed by atoms with Gasteiger partial charge in [0.15, 0.2) is 0 Å². The quantitative estimate of drug-likeness (QED) is 0.855. The topological polar surface area (TPSA) is 63.7 Å². The Morgan fingerprint density at radius 3 is 2.74 bits per heavy atom. The van der Waals surface area contributed by atoms with Crippen molar-refractivity contribution in [3.8, 4) is 0 Å². The summed E-state index contributed by atoms with van der Waals surface area (Å²) in [6.45, 7) is 5.82. The fourth-order valence-electron chi connectivity index (χ4n) is 3.40. The Bertz CT molecular complexity index is 550. The van der Waals surface area contributed by atoms with Crippen LogP contribution in [0.5, 0.6) is 0 Å². The number of esters is 1. The minimum absolute atomic E-state index is 0.339. The van der Waals surface area contributed by atoms with Crippen LogP contribution in [0, 0.1) is 6.92 Å². The lowest BCUT2D eigenvalue weighted by Crippen LogP contribution is -2.44. The van der Waals surface area contributed by atoms with Gasteiger partial charge in [0.2, 0.25) is 0 Å². The van der Waals surface area contributed by atoms with Crippen molar-refractivity contribution in [2.75, 3.05) is 38.7 Å². The van der Waals surface area contributed by atoms with Gasteiger partial charge in [-0.05, 0) is 38.3 Å². The summed E-state index contributed by atoms with van der Waals surface area (Å²) < 4.78 is 10.2. The molecule has 2 saturated heterocycles. The summed E-state index contributed by atoms with van der Waals surface area (Å²) >= 11 is 0. The summed E-state index contributed by atoms with van der Waals surface area (Å²) in [4.78, 5) is 18.6. The minimum atomic E-state index is -0.339. The summed E-state index contributed by atoms with van der Waals surface area (Å²) in [7, 11) is 1.39. The van der Waals surface area contributed by atoms with E-state index in [9.17, 15) is 4.79 Å². The molecule has 1 N–H and O–H groups in total. The van der Waals surface area contributed by atoms with Crippen molar-refractivity contribution in [1.82, 2.24) is 9.88 Å². The number of methoxy groups -OCH3 is 1. The Hall–Kier alpha value is -1.66. The highest BCUT2D eigenvalue weighted by Crippen LogP contribution is 2.21. The van der Waals surface area contributed by atoms with E-state index in [1.807, 2.05) is 13.0 Å². The van der Waals surface area contributed by atoms with Gasteiger partial charge in [0.05, 0.1) is 25.0 Å². The zero-order valence-corrected chi connectivity index (χ0v) is 13.9. The first-order valence-electron chi connectivity index (χ1n) is 8.31. The van der Waals surface area contributed by atoms with Crippen LogP contribution in [0.25, 0.3) is 0 Å². The highest BCUT2D eigenvalue weighted by molar-refractivity contribution is 5.90. The first kappa shape index (κ1) is 16.2. The van der Waals surface area contributed by atoms with E-state index in [2.05, 4.69) is 15.2 Å². The zero-order chi connectivity index (χ0) is 16.2. The van der Waals surface area contributed by atoms with E-state index in [0.29, 0.717) is 23.3 Å². The number of carbonyl (C=O) groups excluding carboxylic acids is 1. The molecule has 0 aliphatic carbocycles. The molecular weight excluding hydrogens is 294 g/mol. The third-order valence-corrected chi connectivity index (χ3v) is 4.79. The fourth-order valence-corrected chi connectivity index (χ4v) is 3.40. The highest BCUT2D eigenvalue weighted by Gasteiger charge is 2.27. The molecule has 0 spiro atoms. The first-order valence-corrected chi connectivity index (χ1v) is 8.31. The van der Waals surface area contributed by atoms with Crippen molar-refractivity contribution in [1.29, 1.82) is 0 Å². The summed E-state index contributed by atoms with van der Waals surface area (Å²) in [6, 6.07) is 4.68. The number of ether oxygens (including phenoxy) is 2. The van der Waals surface area contributed by atoms with Gasteiger partial charge in [0.1, 0.15) is 5.82 Å². The molecule has 0 amide bonds. The number of anilines is 1. The maximum atomic E-state index is 11.6. The van der Waals surface area contributed by atoms with Crippen LogP contribution in [0.2, 0.25) is 0 Å². The SMILES string of the molecule is COC(=O)c1ccc(NC2CCN(C3CCOC3)CC2)nc1C. The largest absolute Gasteiger partial charge is 0.465 e. The standard InChI is InChI=1S/C17H25N3O3/c1-12-15(17(21)22-2)3-4-16(18-12)19-13-5-8-20(9-6-13)14-7-10-23-11-14/h3-4,13-14H,5-11H2,1-2H3,(H,18,19). The minimum Gasteiger partial charge on any atom is -0.465 e. The van der Waals surface area contributed by atoms with Gasteiger partial charge in [0.25, 0.3) is 0 Å². The number of pyridine rings is 1. The van der Waals surface area contributed by atoms with Gasteiger partial charge >= 0.3 is 5.97 Å². The summed E-state index contributed by atoms with van der Waals surface area (Å²) in [5.74, 6) is 0.492. The molecule has 0 bridgehead atoms. The first-order chi connectivity index (χ1) is 11.2. The molecule has 2 fully saturated rings. The van der Waals surface area contributed by atoms with Gasteiger partial charge in [0, 0.05) is 31.8 Å². The van der Waals surface area contributed by atoms with Crippen LogP contribution in [0.1, 0.15) is 35.3 Å². The van der Waals surface area contributed by atoms with Crippen molar-refractivity contribution in [3.05, 3.63) is 23.4 Å². The number of hydrogen-bond acceptors (Lipinski definition) is 6. The third-order valence-electron chi connectivity index (χ3n) is 4.79. The Kier molecular flexibility index (Phi) is 5.13. The van der Waals surface area contributed by atoms with Crippen molar-refractivity contribution in [3.63, 3.8) is 0 Å². The molecule has 1 aromatic heterocycles. The molecule has 23 heavy (non-hydrogen) atoms. The van der Waals surface area contributed by atoms with Crippen molar-refractivity contribution in [2.45, 2.75) is 38.3 Å². The molecule has 2 aliphatic heterocycles. The van der Waals surface area contributed by atoms with E-state index in [4.69, 9.17) is 9.47 Å². The molecule has 6 nitrogen and oxygen atoms in total. The molecule has 6 heteroatoms. The van der Waals surface area contributed by atoms with Crippen LogP contribution in [-0.2, 0) is 9.47 Å². The molecule has 0 radical (unpaired) electrons. The second kappa shape index (κ2) is 7.27. The number of carbonyl (C=O) groups is 1. The lowest BCUT2D eigenvalue weighted by Gasteiger charge is -2.35. The van der Waals surface area contributed by atoms with Crippen molar-refractivity contribution < 1.29 is 14.3 Å². The number of nitrogens with zero attached hydrogens (tertiary/aromatic N) is 2. The Morgan fingerprint density at radius 1 is 1.35 bits per heavy atom. The van der Waals surface area contributed by atoms with Crippen molar-refractivity contribution >= 4 is 11.8 Å². The second-order valence-corrected chi connectivity index (χ2v) is 6.29. The number of nitrogens with one attached hydrogen (secondary N) is 1. The van der Waals surface area contributed by atoms with Gasteiger partial charge < -0.3 is 14.8 Å². The van der Waals surface area contributed by atoms with Gasteiger partial charge in [-0.1, -0.05) is 0 Å². The smallest absolute Gasteiger partial charge is 0.339 e. The molecule has 1 unspecified atom stereocenters. The molecule has 3 heterocycles. The maximum absolute atomic E-state index is 11.6. The highest BCUT2D eigenvalue weighted by atomic mass is 16.5. The van der Waals surface area contributed by atoms with E-state index < -0.39 is 0 Å². The van der Waals surface area contributed by atoms with Crippen LogP contribution in [0.15, 0.2) is 12.1 Å². The average Bonchev–Trinajstić information content (AvgIpc) is 3.09. The Balaban J connectivity index is 1.54. The fraction of sp³-hybridized carbons (Fsp3) is 0.647.